The zero-order chi connectivity index (χ0) is 11.4. The number of carboxylic acid groups (broad SMARTS) is 1. The van der Waals surface area contributed by atoms with Crippen molar-refractivity contribution in [2.75, 3.05) is 13.4 Å². The first-order chi connectivity index (χ1) is 7.10. The zero-order valence-electron chi connectivity index (χ0n) is 8.31. The third kappa shape index (κ3) is 2.50. The molecule has 0 saturated carbocycles. The summed E-state index contributed by atoms with van der Waals surface area (Å²) in [5, 5.41) is 8.53. The van der Waals surface area contributed by atoms with Gasteiger partial charge in [0, 0.05) is 10.5 Å². The summed E-state index contributed by atoms with van der Waals surface area (Å²) in [6, 6.07) is 4.58. The molecule has 0 radical (unpaired) electrons. The molecule has 0 aliphatic heterocycles. The average molecular weight is 226 g/mol. The summed E-state index contributed by atoms with van der Waals surface area (Å²) in [7, 11) is 1.48. The quantitative estimate of drug-likeness (QED) is 0.481. The third-order valence-electron chi connectivity index (χ3n) is 1.84. The van der Waals surface area contributed by atoms with E-state index < -0.39 is 11.8 Å². The number of carboxylic acids is 1. The second-order valence-electron chi connectivity index (χ2n) is 2.70. The molecule has 15 heavy (non-hydrogen) atoms. The van der Waals surface area contributed by atoms with Crippen molar-refractivity contribution in [3.8, 4) is 5.75 Å². The van der Waals surface area contributed by atoms with E-state index in [1.54, 1.807) is 6.07 Å². The normalized spacial score (nSPS) is 9.73. The Bertz CT molecular complexity index is 400. The maximum atomic E-state index is 11.2. The van der Waals surface area contributed by atoms with E-state index in [0.717, 1.165) is 4.90 Å². The monoisotopic (exact) mass is 226 g/mol. The SMILES string of the molecule is COc1cc(C(=O)C(=O)O)ccc1SC. The smallest absolute Gasteiger partial charge is 0.377 e. The number of benzene rings is 1. The Morgan fingerprint density at radius 1 is 1.40 bits per heavy atom. The summed E-state index contributed by atoms with van der Waals surface area (Å²) >= 11 is 1.47. The van der Waals surface area contributed by atoms with Crippen molar-refractivity contribution in [2.24, 2.45) is 0 Å². The van der Waals surface area contributed by atoms with Crippen LogP contribution in [0.3, 0.4) is 0 Å². The second kappa shape index (κ2) is 4.84. The van der Waals surface area contributed by atoms with Crippen LogP contribution in [0.1, 0.15) is 10.4 Å². The van der Waals surface area contributed by atoms with Crippen molar-refractivity contribution in [1.82, 2.24) is 0 Å². The molecule has 0 aromatic heterocycles. The molecule has 0 bridgehead atoms. The Kier molecular flexibility index (Phi) is 3.74. The maximum Gasteiger partial charge on any atom is 0.377 e. The molecule has 0 spiro atoms. The first-order valence-corrected chi connectivity index (χ1v) is 5.32. The van der Waals surface area contributed by atoms with Crippen LogP contribution in [-0.2, 0) is 4.79 Å². The molecule has 0 heterocycles. The molecule has 1 aromatic carbocycles. The number of rotatable bonds is 4. The van der Waals surface area contributed by atoms with Crippen LogP contribution in [0, 0.1) is 0 Å². The minimum Gasteiger partial charge on any atom is -0.496 e. The lowest BCUT2D eigenvalue weighted by Crippen LogP contribution is -2.12. The first-order valence-electron chi connectivity index (χ1n) is 4.09. The van der Waals surface area contributed by atoms with Gasteiger partial charge in [0.05, 0.1) is 7.11 Å². The van der Waals surface area contributed by atoms with E-state index in [2.05, 4.69) is 0 Å². The lowest BCUT2D eigenvalue weighted by atomic mass is 10.1. The van der Waals surface area contributed by atoms with E-state index in [1.165, 1.54) is 31.0 Å². The average Bonchev–Trinajstić information content (AvgIpc) is 2.26. The van der Waals surface area contributed by atoms with Crippen molar-refractivity contribution in [3.05, 3.63) is 23.8 Å². The lowest BCUT2D eigenvalue weighted by molar-refractivity contribution is -0.131. The molecule has 0 fully saturated rings. The Morgan fingerprint density at radius 2 is 2.07 bits per heavy atom. The van der Waals surface area contributed by atoms with Crippen LogP contribution in [0.2, 0.25) is 0 Å². The zero-order valence-corrected chi connectivity index (χ0v) is 9.13. The van der Waals surface area contributed by atoms with Gasteiger partial charge in [-0.2, -0.15) is 0 Å². The Balaban J connectivity index is 3.13. The molecule has 5 heteroatoms. The topological polar surface area (TPSA) is 63.6 Å². The van der Waals surface area contributed by atoms with Gasteiger partial charge in [-0.1, -0.05) is 0 Å². The molecule has 4 nitrogen and oxygen atoms in total. The number of hydrogen-bond acceptors (Lipinski definition) is 4. The fraction of sp³-hybridized carbons (Fsp3) is 0.200. The van der Waals surface area contributed by atoms with E-state index in [9.17, 15) is 9.59 Å². The van der Waals surface area contributed by atoms with Crippen LogP contribution in [0.25, 0.3) is 0 Å². The Hall–Kier alpha value is -1.49. The number of aliphatic carboxylic acids is 1. The van der Waals surface area contributed by atoms with Crippen molar-refractivity contribution < 1.29 is 19.4 Å². The number of methoxy groups -OCH3 is 1. The van der Waals surface area contributed by atoms with Crippen LogP contribution in [0.5, 0.6) is 5.75 Å². The lowest BCUT2D eigenvalue weighted by Gasteiger charge is -2.06. The number of carbonyl (C=O) groups is 2. The van der Waals surface area contributed by atoms with Gasteiger partial charge in [0.1, 0.15) is 5.75 Å². The highest BCUT2D eigenvalue weighted by atomic mass is 32.2. The van der Waals surface area contributed by atoms with Gasteiger partial charge >= 0.3 is 5.97 Å². The van der Waals surface area contributed by atoms with Gasteiger partial charge < -0.3 is 9.84 Å². The van der Waals surface area contributed by atoms with Gasteiger partial charge in [0.25, 0.3) is 5.78 Å². The van der Waals surface area contributed by atoms with Crippen LogP contribution >= 0.6 is 11.8 Å². The predicted octanol–water partition coefficient (Wildman–Crippen LogP) is 1.68. The molecule has 0 saturated heterocycles. The number of ketones is 1. The highest BCUT2D eigenvalue weighted by Crippen LogP contribution is 2.28. The largest absolute Gasteiger partial charge is 0.496 e. The molecule has 1 N–H and O–H groups in total. The van der Waals surface area contributed by atoms with Crippen LogP contribution < -0.4 is 4.74 Å². The summed E-state index contributed by atoms with van der Waals surface area (Å²) in [5.74, 6) is -1.88. The highest BCUT2D eigenvalue weighted by molar-refractivity contribution is 7.98. The molecular formula is C10H10O4S. The minimum absolute atomic E-state index is 0.122. The molecule has 1 rings (SSSR count). The van der Waals surface area contributed by atoms with Gasteiger partial charge in [-0.05, 0) is 24.5 Å². The molecular weight excluding hydrogens is 216 g/mol. The van der Waals surface area contributed by atoms with Crippen LogP contribution in [0.15, 0.2) is 23.1 Å². The van der Waals surface area contributed by atoms with Crippen LogP contribution in [-0.4, -0.2) is 30.2 Å². The summed E-state index contributed by atoms with van der Waals surface area (Å²) in [4.78, 5) is 22.5. The predicted molar refractivity (Wildman–Crippen MR) is 56.7 cm³/mol. The molecule has 0 amide bonds. The standard InChI is InChI=1S/C10H10O4S/c1-14-7-5-6(9(11)10(12)13)3-4-8(7)15-2/h3-5H,1-2H3,(H,12,13). The molecule has 1 aromatic rings. The fourth-order valence-electron chi connectivity index (χ4n) is 1.10. The van der Waals surface area contributed by atoms with Crippen molar-refractivity contribution >= 4 is 23.5 Å². The van der Waals surface area contributed by atoms with Crippen molar-refractivity contribution in [3.63, 3.8) is 0 Å². The van der Waals surface area contributed by atoms with Crippen molar-refractivity contribution in [2.45, 2.75) is 4.90 Å². The minimum atomic E-state index is -1.46. The van der Waals surface area contributed by atoms with Gasteiger partial charge in [0.2, 0.25) is 0 Å². The molecule has 0 unspecified atom stereocenters. The van der Waals surface area contributed by atoms with E-state index in [4.69, 9.17) is 9.84 Å². The first kappa shape index (κ1) is 11.6. The van der Waals surface area contributed by atoms with E-state index in [1.807, 2.05) is 6.26 Å². The second-order valence-corrected chi connectivity index (χ2v) is 3.55. The summed E-state index contributed by atoms with van der Waals surface area (Å²) in [6.45, 7) is 0. The molecule has 80 valence electrons. The van der Waals surface area contributed by atoms with E-state index >= 15 is 0 Å². The van der Waals surface area contributed by atoms with E-state index in [-0.39, 0.29) is 5.56 Å². The Labute approximate surface area is 91.2 Å². The number of hydrogen-bond donors (Lipinski definition) is 1. The van der Waals surface area contributed by atoms with Gasteiger partial charge in [-0.3, -0.25) is 4.79 Å². The van der Waals surface area contributed by atoms with E-state index in [0.29, 0.717) is 5.75 Å². The fourth-order valence-corrected chi connectivity index (χ4v) is 1.65. The summed E-state index contributed by atoms with van der Waals surface area (Å²) in [5.41, 5.74) is 0.122. The summed E-state index contributed by atoms with van der Waals surface area (Å²) < 4.78 is 5.04. The van der Waals surface area contributed by atoms with Crippen LogP contribution in [0.4, 0.5) is 0 Å². The maximum absolute atomic E-state index is 11.2. The summed E-state index contributed by atoms with van der Waals surface area (Å²) in [6.07, 6.45) is 1.87. The number of carbonyl (C=O) groups excluding carboxylic acids is 1. The molecule has 0 aliphatic carbocycles. The highest BCUT2D eigenvalue weighted by Gasteiger charge is 2.16. The number of Topliss-reactive ketones (excluding diaryl/α,β-unsaturated/α-hetero) is 1. The molecule has 0 atom stereocenters. The third-order valence-corrected chi connectivity index (χ3v) is 2.62. The van der Waals surface area contributed by atoms with Gasteiger partial charge in [-0.15, -0.1) is 11.8 Å². The number of ether oxygens (including phenoxy) is 1. The van der Waals surface area contributed by atoms with Gasteiger partial charge in [-0.25, -0.2) is 4.79 Å². The Morgan fingerprint density at radius 3 is 2.53 bits per heavy atom. The van der Waals surface area contributed by atoms with Crippen molar-refractivity contribution in [1.29, 1.82) is 0 Å². The molecule has 0 aliphatic rings. The number of thioether (sulfide) groups is 1. The van der Waals surface area contributed by atoms with Gasteiger partial charge in [0.15, 0.2) is 0 Å².